The van der Waals surface area contributed by atoms with E-state index in [4.69, 9.17) is 0 Å². The molecule has 0 aliphatic carbocycles. The smallest absolute Gasteiger partial charge is 0.330 e. The van der Waals surface area contributed by atoms with Crippen LogP contribution < -0.4 is 10.6 Å². The topological polar surface area (TPSA) is 78.4 Å². The lowest BCUT2D eigenvalue weighted by Gasteiger charge is -2.28. The third-order valence-corrected chi connectivity index (χ3v) is 3.66. The second-order valence-electron chi connectivity index (χ2n) is 5.27. The molecule has 5 heteroatoms. The Balaban J connectivity index is 2.05. The van der Waals surface area contributed by atoms with E-state index < -0.39 is 12.0 Å². The molecule has 1 aromatic carbocycles. The lowest BCUT2D eigenvalue weighted by atomic mass is 9.92. The van der Waals surface area contributed by atoms with Gasteiger partial charge in [-0.3, -0.25) is 4.79 Å². The van der Waals surface area contributed by atoms with Gasteiger partial charge in [0, 0.05) is 12.0 Å². The molecule has 1 aliphatic rings. The average molecular weight is 276 g/mol. The summed E-state index contributed by atoms with van der Waals surface area (Å²) in [5.74, 6) is -1.32. The zero-order valence-corrected chi connectivity index (χ0v) is 11.5. The molecular formula is C15H20N2O3. The molecule has 1 fully saturated rings. The predicted molar refractivity (Wildman–Crippen MR) is 75.2 cm³/mol. The summed E-state index contributed by atoms with van der Waals surface area (Å²) in [6.07, 6.45) is 1.49. The van der Waals surface area contributed by atoms with Gasteiger partial charge in [-0.2, -0.15) is 0 Å². The van der Waals surface area contributed by atoms with Crippen LogP contribution in [-0.4, -0.2) is 29.6 Å². The zero-order chi connectivity index (χ0) is 14.5. The minimum atomic E-state index is -1.04. The van der Waals surface area contributed by atoms with E-state index in [9.17, 15) is 14.7 Å². The van der Waals surface area contributed by atoms with E-state index >= 15 is 0 Å². The Morgan fingerprint density at radius 3 is 2.65 bits per heavy atom. The van der Waals surface area contributed by atoms with Crippen LogP contribution in [0, 0.1) is 5.92 Å². The maximum absolute atomic E-state index is 12.2. The molecule has 2 rings (SSSR count). The van der Waals surface area contributed by atoms with Gasteiger partial charge < -0.3 is 15.7 Å². The minimum Gasteiger partial charge on any atom is -0.479 e. The molecule has 108 valence electrons. The number of piperidine rings is 1. The van der Waals surface area contributed by atoms with Crippen LogP contribution in [0.3, 0.4) is 0 Å². The highest BCUT2D eigenvalue weighted by molar-refractivity contribution is 5.85. The van der Waals surface area contributed by atoms with Gasteiger partial charge in [0.15, 0.2) is 6.04 Å². The Labute approximate surface area is 118 Å². The third kappa shape index (κ3) is 3.57. The molecule has 1 aromatic rings. The molecule has 1 amide bonds. The molecule has 3 atom stereocenters. The van der Waals surface area contributed by atoms with Crippen LogP contribution in [0.15, 0.2) is 30.3 Å². The van der Waals surface area contributed by atoms with E-state index in [2.05, 4.69) is 10.6 Å². The number of carbonyl (C=O) groups is 2. The Morgan fingerprint density at radius 2 is 2.05 bits per heavy atom. The van der Waals surface area contributed by atoms with E-state index in [0.29, 0.717) is 11.6 Å². The number of carboxylic acid groups (broad SMARTS) is 1. The second-order valence-corrected chi connectivity index (χ2v) is 5.27. The first-order chi connectivity index (χ1) is 9.58. The first-order valence-electron chi connectivity index (χ1n) is 6.89. The minimum absolute atomic E-state index is 0.114. The summed E-state index contributed by atoms with van der Waals surface area (Å²) in [5, 5.41) is 15.2. The number of hydrogen-bond donors (Lipinski definition) is 3. The predicted octanol–water partition coefficient (Wildman–Crippen LogP) is 1.32. The van der Waals surface area contributed by atoms with Crippen molar-refractivity contribution in [3.8, 4) is 0 Å². The SMILES string of the molecule is CC1CC(C(=O)NC(C(=O)O)c2ccccc2)CCN1. The fourth-order valence-corrected chi connectivity index (χ4v) is 2.56. The van der Waals surface area contributed by atoms with Gasteiger partial charge in [-0.05, 0) is 31.9 Å². The fraction of sp³-hybridized carbons (Fsp3) is 0.467. The van der Waals surface area contributed by atoms with Gasteiger partial charge in [-0.25, -0.2) is 4.79 Å². The van der Waals surface area contributed by atoms with Crippen molar-refractivity contribution in [2.75, 3.05) is 6.54 Å². The van der Waals surface area contributed by atoms with Crippen molar-refractivity contribution < 1.29 is 14.7 Å². The van der Waals surface area contributed by atoms with Crippen LogP contribution >= 0.6 is 0 Å². The van der Waals surface area contributed by atoms with Crippen LogP contribution in [0.5, 0.6) is 0 Å². The van der Waals surface area contributed by atoms with Crippen LogP contribution in [-0.2, 0) is 9.59 Å². The first kappa shape index (κ1) is 14.5. The maximum Gasteiger partial charge on any atom is 0.330 e. The molecule has 0 aromatic heterocycles. The van der Waals surface area contributed by atoms with Crippen LogP contribution in [0.1, 0.15) is 31.4 Å². The highest BCUT2D eigenvalue weighted by Gasteiger charge is 2.29. The molecule has 0 saturated carbocycles. The van der Waals surface area contributed by atoms with Gasteiger partial charge in [0.2, 0.25) is 5.91 Å². The average Bonchev–Trinajstić information content (AvgIpc) is 2.45. The van der Waals surface area contributed by atoms with Gasteiger partial charge in [0.1, 0.15) is 0 Å². The number of rotatable bonds is 4. The van der Waals surface area contributed by atoms with E-state index in [1.807, 2.05) is 13.0 Å². The molecule has 5 nitrogen and oxygen atoms in total. The highest BCUT2D eigenvalue weighted by Crippen LogP contribution is 2.19. The van der Waals surface area contributed by atoms with Crippen molar-refractivity contribution in [3.05, 3.63) is 35.9 Å². The summed E-state index contributed by atoms with van der Waals surface area (Å²) >= 11 is 0. The number of amides is 1. The molecule has 1 heterocycles. The van der Waals surface area contributed by atoms with Crippen LogP contribution in [0.2, 0.25) is 0 Å². The van der Waals surface area contributed by atoms with Crippen LogP contribution in [0.25, 0.3) is 0 Å². The van der Waals surface area contributed by atoms with Crippen molar-refractivity contribution in [1.29, 1.82) is 0 Å². The highest BCUT2D eigenvalue weighted by atomic mass is 16.4. The van der Waals surface area contributed by atoms with Gasteiger partial charge in [-0.1, -0.05) is 30.3 Å². The van der Waals surface area contributed by atoms with Crippen molar-refractivity contribution in [1.82, 2.24) is 10.6 Å². The number of aliphatic carboxylic acids is 1. The van der Waals surface area contributed by atoms with E-state index in [0.717, 1.165) is 19.4 Å². The molecule has 3 N–H and O–H groups in total. The van der Waals surface area contributed by atoms with Crippen molar-refractivity contribution in [3.63, 3.8) is 0 Å². The van der Waals surface area contributed by atoms with E-state index in [1.165, 1.54) is 0 Å². The summed E-state index contributed by atoms with van der Waals surface area (Å²) in [4.78, 5) is 23.6. The Kier molecular flexibility index (Phi) is 4.74. The molecule has 20 heavy (non-hydrogen) atoms. The van der Waals surface area contributed by atoms with Crippen molar-refractivity contribution >= 4 is 11.9 Å². The summed E-state index contributed by atoms with van der Waals surface area (Å²) in [6, 6.07) is 8.09. The normalized spacial score (nSPS) is 23.9. The van der Waals surface area contributed by atoms with E-state index in [1.54, 1.807) is 24.3 Å². The largest absolute Gasteiger partial charge is 0.479 e. The molecule has 1 aliphatic heterocycles. The quantitative estimate of drug-likeness (QED) is 0.775. The number of carboxylic acids is 1. The lowest BCUT2D eigenvalue weighted by molar-refractivity contribution is -0.142. The standard InChI is InChI=1S/C15H20N2O3/c1-10-9-12(7-8-16-10)14(18)17-13(15(19)20)11-5-3-2-4-6-11/h2-6,10,12-13,16H,7-9H2,1H3,(H,17,18)(H,19,20). The Morgan fingerprint density at radius 1 is 1.35 bits per heavy atom. The van der Waals surface area contributed by atoms with E-state index in [-0.39, 0.29) is 11.8 Å². The molecule has 3 unspecified atom stereocenters. The summed E-state index contributed by atoms with van der Waals surface area (Å²) < 4.78 is 0. The maximum atomic E-state index is 12.2. The number of hydrogen-bond acceptors (Lipinski definition) is 3. The van der Waals surface area contributed by atoms with Crippen LogP contribution in [0.4, 0.5) is 0 Å². The van der Waals surface area contributed by atoms with Gasteiger partial charge in [0.05, 0.1) is 0 Å². The van der Waals surface area contributed by atoms with Gasteiger partial charge in [-0.15, -0.1) is 0 Å². The van der Waals surface area contributed by atoms with Crippen molar-refractivity contribution in [2.45, 2.75) is 31.8 Å². The molecule has 1 saturated heterocycles. The Bertz CT molecular complexity index is 475. The zero-order valence-electron chi connectivity index (χ0n) is 11.5. The molecule has 0 spiro atoms. The Hall–Kier alpha value is -1.88. The number of benzene rings is 1. The third-order valence-electron chi connectivity index (χ3n) is 3.66. The molecular weight excluding hydrogens is 256 g/mol. The molecule has 0 bridgehead atoms. The summed E-state index contributed by atoms with van der Waals surface area (Å²) in [6.45, 7) is 2.83. The lowest BCUT2D eigenvalue weighted by Crippen LogP contribution is -2.44. The summed E-state index contributed by atoms with van der Waals surface area (Å²) in [7, 11) is 0. The van der Waals surface area contributed by atoms with Gasteiger partial charge in [0.25, 0.3) is 0 Å². The monoisotopic (exact) mass is 276 g/mol. The number of nitrogens with one attached hydrogen (secondary N) is 2. The number of carbonyl (C=O) groups excluding carboxylic acids is 1. The molecule has 0 radical (unpaired) electrons. The first-order valence-corrected chi connectivity index (χ1v) is 6.89. The summed E-state index contributed by atoms with van der Waals surface area (Å²) in [5.41, 5.74) is 0.593. The van der Waals surface area contributed by atoms with Gasteiger partial charge >= 0.3 is 5.97 Å². The van der Waals surface area contributed by atoms with Crippen molar-refractivity contribution in [2.24, 2.45) is 5.92 Å². The second kappa shape index (κ2) is 6.52. The fourth-order valence-electron chi connectivity index (χ4n) is 2.56.